The molecule has 0 heterocycles. The quantitative estimate of drug-likeness (QED) is 0.237. The number of amides is 1. The minimum Gasteiger partial charge on any atom is -0.506 e. The molecule has 0 aliphatic heterocycles. The Balaban J connectivity index is 2.28. The highest BCUT2D eigenvalue weighted by Crippen LogP contribution is 2.39. The second-order valence-electron chi connectivity index (χ2n) is 7.00. The monoisotopic (exact) mass is 583 g/mol. The van der Waals surface area contributed by atoms with Gasteiger partial charge < -0.3 is 19.7 Å². The number of ether oxygens (including phenoxy) is 2. The van der Waals surface area contributed by atoms with Crippen LogP contribution in [-0.4, -0.2) is 41.3 Å². The predicted octanol–water partition coefficient (Wildman–Crippen LogP) is 5.85. The summed E-state index contributed by atoms with van der Waals surface area (Å²) < 4.78 is 12.2. The van der Waals surface area contributed by atoms with E-state index < -0.39 is 24.3 Å². The van der Waals surface area contributed by atoms with Gasteiger partial charge in [0.2, 0.25) is 0 Å². The fraction of sp³-hybridized carbons (Fsp3) is 0.261. The summed E-state index contributed by atoms with van der Waals surface area (Å²) in [5.41, 5.74) is 1.22. The zero-order valence-corrected chi connectivity index (χ0v) is 21.1. The van der Waals surface area contributed by atoms with Gasteiger partial charge >= 0.3 is 12.1 Å². The third-order valence-corrected chi connectivity index (χ3v) is 5.72. The number of aromatic hydroxyl groups is 1. The number of carbonyl (C=O) groups excluding carboxylic acids is 2. The summed E-state index contributed by atoms with van der Waals surface area (Å²) in [6, 6.07) is 9.57. The first-order valence-corrected chi connectivity index (χ1v) is 11.4. The van der Waals surface area contributed by atoms with Crippen LogP contribution in [0.1, 0.15) is 41.8 Å². The number of ketones is 1. The molecule has 2 aromatic rings. The molecule has 8 nitrogen and oxygen atoms in total. The first-order chi connectivity index (χ1) is 15.6. The van der Waals surface area contributed by atoms with Crippen LogP contribution in [0, 0.1) is 0 Å². The maximum atomic E-state index is 12.7. The van der Waals surface area contributed by atoms with Crippen molar-refractivity contribution in [1.29, 1.82) is 0 Å². The van der Waals surface area contributed by atoms with E-state index >= 15 is 0 Å². The molecule has 0 aromatic heterocycles. The number of methoxy groups -OCH3 is 1. The van der Waals surface area contributed by atoms with Gasteiger partial charge in [-0.05, 0) is 72.1 Å². The van der Waals surface area contributed by atoms with Crippen molar-refractivity contribution >= 4 is 55.4 Å². The number of carbonyl (C=O) groups is 3. The SMILES string of the molecule is CO[C@@H](CC/C=C/C(=O)O)[C@@H](OC(=O)Nc1ccc(C(C)=O)cc1)c1cc(Br)cc(Br)c1O. The van der Waals surface area contributed by atoms with E-state index in [-0.39, 0.29) is 11.5 Å². The molecule has 1 amide bonds. The van der Waals surface area contributed by atoms with E-state index in [0.29, 0.717) is 38.6 Å². The summed E-state index contributed by atoms with van der Waals surface area (Å²) in [5.74, 6) is -1.29. The summed E-state index contributed by atoms with van der Waals surface area (Å²) in [7, 11) is 1.43. The van der Waals surface area contributed by atoms with E-state index in [9.17, 15) is 19.5 Å². The lowest BCUT2D eigenvalue weighted by atomic mass is 9.99. The summed E-state index contributed by atoms with van der Waals surface area (Å²) in [6.45, 7) is 1.44. The minimum atomic E-state index is -1.07. The van der Waals surface area contributed by atoms with Crippen LogP contribution in [0.25, 0.3) is 0 Å². The zero-order chi connectivity index (χ0) is 24.5. The number of nitrogens with one attached hydrogen (secondary N) is 1. The summed E-state index contributed by atoms with van der Waals surface area (Å²) in [6.07, 6.45) is 0.643. The van der Waals surface area contributed by atoms with Crippen LogP contribution in [0.5, 0.6) is 5.75 Å². The maximum absolute atomic E-state index is 12.7. The van der Waals surface area contributed by atoms with Crippen LogP contribution < -0.4 is 5.32 Å². The van der Waals surface area contributed by atoms with Gasteiger partial charge in [-0.15, -0.1) is 0 Å². The van der Waals surface area contributed by atoms with Gasteiger partial charge in [0.1, 0.15) is 5.75 Å². The van der Waals surface area contributed by atoms with Gasteiger partial charge in [-0.25, -0.2) is 9.59 Å². The molecule has 33 heavy (non-hydrogen) atoms. The van der Waals surface area contributed by atoms with Crippen molar-refractivity contribution in [3.63, 3.8) is 0 Å². The number of benzene rings is 2. The molecule has 0 unspecified atom stereocenters. The molecule has 2 atom stereocenters. The number of Topliss-reactive ketones (excluding diaryl/α,β-unsaturated/α-hetero) is 1. The van der Waals surface area contributed by atoms with Crippen LogP contribution in [0.4, 0.5) is 10.5 Å². The number of carboxylic acids is 1. The molecular formula is C23H23Br2NO7. The van der Waals surface area contributed by atoms with Crippen molar-refractivity contribution < 1.29 is 34.1 Å². The third-order valence-electron chi connectivity index (χ3n) is 4.65. The number of phenols is 1. The van der Waals surface area contributed by atoms with Crippen molar-refractivity contribution in [2.75, 3.05) is 12.4 Å². The number of carboxylic acid groups (broad SMARTS) is 1. The molecule has 0 saturated carbocycles. The number of rotatable bonds is 10. The molecule has 0 spiro atoms. The Kier molecular flexibility index (Phi) is 10.1. The molecule has 0 fully saturated rings. The van der Waals surface area contributed by atoms with Gasteiger partial charge in [0.15, 0.2) is 11.9 Å². The van der Waals surface area contributed by atoms with Crippen LogP contribution in [0.15, 0.2) is 57.5 Å². The second-order valence-corrected chi connectivity index (χ2v) is 8.77. The van der Waals surface area contributed by atoms with E-state index in [0.717, 1.165) is 6.08 Å². The van der Waals surface area contributed by atoms with Crippen molar-refractivity contribution in [3.05, 3.63) is 68.6 Å². The van der Waals surface area contributed by atoms with Gasteiger partial charge in [0.05, 0.1) is 10.6 Å². The zero-order valence-electron chi connectivity index (χ0n) is 17.9. The van der Waals surface area contributed by atoms with Gasteiger partial charge in [-0.2, -0.15) is 0 Å². The first-order valence-electron chi connectivity index (χ1n) is 9.81. The smallest absolute Gasteiger partial charge is 0.412 e. The average Bonchev–Trinajstić information content (AvgIpc) is 2.75. The number of allylic oxidation sites excluding steroid dienone is 1. The van der Waals surface area contributed by atoms with Crippen LogP contribution in [-0.2, 0) is 14.3 Å². The molecule has 3 N–H and O–H groups in total. The summed E-state index contributed by atoms with van der Waals surface area (Å²) in [4.78, 5) is 34.8. The van der Waals surface area contributed by atoms with Gasteiger partial charge in [-0.1, -0.05) is 22.0 Å². The topological polar surface area (TPSA) is 122 Å². The molecule has 0 radical (unpaired) electrons. The van der Waals surface area contributed by atoms with Gasteiger partial charge in [0.25, 0.3) is 0 Å². The van der Waals surface area contributed by atoms with Crippen LogP contribution in [0.3, 0.4) is 0 Å². The minimum absolute atomic E-state index is 0.0974. The molecular weight excluding hydrogens is 562 g/mol. The highest BCUT2D eigenvalue weighted by molar-refractivity contribution is 9.11. The Morgan fingerprint density at radius 3 is 2.39 bits per heavy atom. The lowest BCUT2D eigenvalue weighted by Crippen LogP contribution is -2.28. The van der Waals surface area contributed by atoms with Gasteiger partial charge in [-0.3, -0.25) is 10.1 Å². The van der Waals surface area contributed by atoms with Crippen molar-refractivity contribution in [3.8, 4) is 5.75 Å². The van der Waals surface area contributed by atoms with Crippen molar-refractivity contribution in [2.24, 2.45) is 0 Å². The second kappa shape index (κ2) is 12.5. The van der Waals surface area contributed by atoms with Gasteiger partial charge in [0, 0.05) is 34.5 Å². The van der Waals surface area contributed by atoms with Crippen LogP contribution >= 0.6 is 31.9 Å². The fourth-order valence-electron chi connectivity index (χ4n) is 3.03. The average molecular weight is 585 g/mol. The first kappa shape index (κ1) is 26.6. The molecule has 0 aliphatic carbocycles. The van der Waals surface area contributed by atoms with Crippen molar-refractivity contribution in [1.82, 2.24) is 0 Å². The van der Waals surface area contributed by atoms with E-state index in [2.05, 4.69) is 37.2 Å². The normalized spacial score (nSPS) is 12.8. The van der Waals surface area contributed by atoms with E-state index in [1.165, 1.54) is 20.1 Å². The number of aliphatic carboxylic acids is 1. The van der Waals surface area contributed by atoms with Crippen molar-refractivity contribution in [2.45, 2.75) is 32.0 Å². The number of anilines is 1. The third kappa shape index (κ3) is 7.99. The molecule has 0 saturated heterocycles. The summed E-state index contributed by atoms with van der Waals surface area (Å²) in [5, 5.41) is 22.0. The number of hydrogen-bond acceptors (Lipinski definition) is 6. The Morgan fingerprint density at radius 2 is 1.82 bits per heavy atom. The maximum Gasteiger partial charge on any atom is 0.412 e. The highest BCUT2D eigenvalue weighted by atomic mass is 79.9. The van der Waals surface area contributed by atoms with E-state index in [1.54, 1.807) is 36.4 Å². The Morgan fingerprint density at radius 1 is 1.15 bits per heavy atom. The molecule has 10 heteroatoms. The Hall–Kier alpha value is -2.69. The number of hydrogen-bond donors (Lipinski definition) is 3. The summed E-state index contributed by atoms with van der Waals surface area (Å²) >= 11 is 6.64. The molecule has 2 rings (SSSR count). The van der Waals surface area contributed by atoms with E-state index in [1.807, 2.05) is 0 Å². The fourth-order valence-corrected chi connectivity index (χ4v) is 4.29. The Bertz CT molecular complexity index is 1040. The van der Waals surface area contributed by atoms with E-state index in [4.69, 9.17) is 14.6 Å². The van der Waals surface area contributed by atoms with Crippen LogP contribution in [0.2, 0.25) is 0 Å². The lowest BCUT2D eigenvalue weighted by Gasteiger charge is -2.27. The predicted molar refractivity (Wildman–Crippen MR) is 130 cm³/mol. The lowest BCUT2D eigenvalue weighted by molar-refractivity contribution is -0.131. The molecule has 176 valence electrons. The largest absolute Gasteiger partial charge is 0.506 e. The molecule has 0 bridgehead atoms. The highest BCUT2D eigenvalue weighted by Gasteiger charge is 2.30. The number of halogens is 2. The number of phenolic OH excluding ortho intramolecular Hbond substituents is 1. The Labute approximate surface area is 207 Å². The molecule has 0 aliphatic rings. The molecule has 2 aromatic carbocycles. The standard InChI is InChI=1S/C23H23Br2NO7/c1-13(27)14-7-9-16(10-8-14)26-23(31)33-22(17-11-15(24)12-18(25)21(17)30)19(32-2)5-3-4-6-20(28)29/h4,6-12,19,22,30H,3,5H2,1-2H3,(H,26,31)(H,28,29)/b6-4+/t19-,22-/m0/s1.